The number of carbonyl (C=O) groups excluding carboxylic acids is 2. The molecule has 0 aliphatic rings. The second-order valence-corrected chi connectivity index (χ2v) is 6.70. The van der Waals surface area contributed by atoms with Gasteiger partial charge >= 0.3 is 0 Å². The Morgan fingerprint density at radius 1 is 0.828 bits per heavy atom. The number of halogens is 2. The molecule has 8 heteroatoms. The average Bonchev–Trinajstić information content (AvgIpc) is 2.69. The molecule has 0 fully saturated rings. The van der Waals surface area contributed by atoms with Crippen LogP contribution in [0.2, 0.25) is 10.0 Å². The lowest BCUT2D eigenvalue weighted by molar-refractivity contribution is -0.121. The van der Waals surface area contributed by atoms with Gasteiger partial charge in [-0.05, 0) is 47.5 Å². The number of phenolic OH excluding ortho intramolecular Hbond substituents is 2. The van der Waals surface area contributed by atoms with Gasteiger partial charge in [0.2, 0.25) is 0 Å². The second-order valence-electron chi connectivity index (χ2n) is 5.88. The van der Waals surface area contributed by atoms with Gasteiger partial charge in [0.1, 0.15) is 0 Å². The fraction of sp³-hybridized carbons (Fsp3) is 0.143. The highest BCUT2D eigenvalue weighted by Crippen LogP contribution is 2.36. The van der Waals surface area contributed by atoms with E-state index in [1.165, 1.54) is 62.8 Å². The summed E-state index contributed by atoms with van der Waals surface area (Å²) < 4.78 is 9.99. The number of aromatic hydroxyl groups is 2. The Balaban J connectivity index is 2.03. The average molecular weight is 437 g/mol. The van der Waals surface area contributed by atoms with Gasteiger partial charge in [0.15, 0.2) is 34.6 Å². The fourth-order valence-electron chi connectivity index (χ4n) is 2.36. The number of hydrogen-bond acceptors (Lipinski definition) is 6. The van der Waals surface area contributed by atoms with Crippen LogP contribution in [0.3, 0.4) is 0 Å². The summed E-state index contributed by atoms with van der Waals surface area (Å²) in [5.74, 6) is -0.862. The molecule has 0 spiro atoms. The van der Waals surface area contributed by atoms with E-state index >= 15 is 0 Å². The van der Waals surface area contributed by atoms with Crippen molar-refractivity contribution < 1.29 is 29.3 Å². The van der Waals surface area contributed by atoms with Crippen molar-refractivity contribution >= 4 is 46.9 Å². The first-order chi connectivity index (χ1) is 13.7. The normalized spacial score (nSPS) is 11.2. The molecule has 2 aromatic carbocycles. The number of rotatable bonds is 8. The van der Waals surface area contributed by atoms with Gasteiger partial charge in [0, 0.05) is 0 Å². The molecular weight excluding hydrogens is 419 g/mol. The van der Waals surface area contributed by atoms with Crippen LogP contribution in [0.1, 0.15) is 17.5 Å². The molecule has 0 aromatic heterocycles. The van der Waals surface area contributed by atoms with Crippen molar-refractivity contribution in [3.8, 4) is 23.0 Å². The maximum atomic E-state index is 12.0. The lowest BCUT2D eigenvalue weighted by atomic mass is 10.1. The number of phenols is 2. The van der Waals surface area contributed by atoms with Gasteiger partial charge in [-0.3, -0.25) is 9.59 Å². The summed E-state index contributed by atoms with van der Waals surface area (Å²) in [6, 6.07) is 5.95. The lowest BCUT2D eigenvalue weighted by Crippen LogP contribution is -2.02. The Morgan fingerprint density at radius 2 is 1.21 bits per heavy atom. The Bertz CT molecular complexity index is 916. The van der Waals surface area contributed by atoms with Gasteiger partial charge in [0.25, 0.3) is 0 Å². The number of ketones is 2. The Morgan fingerprint density at radius 3 is 1.55 bits per heavy atom. The van der Waals surface area contributed by atoms with E-state index < -0.39 is 11.6 Å². The van der Waals surface area contributed by atoms with Crippen LogP contribution in [-0.2, 0) is 9.59 Å². The van der Waals surface area contributed by atoms with Crippen LogP contribution in [0, 0.1) is 0 Å². The van der Waals surface area contributed by atoms with Gasteiger partial charge < -0.3 is 19.7 Å². The maximum Gasteiger partial charge on any atom is 0.176 e. The molecule has 0 saturated carbocycles. The molecule has 0 amide bonds. The van der Waals surface area contributed by atoms with Crippen molar-refractivity contribution in [1.29, 1.82) is 0 Å². The van der Waals surface area contributed by atoms with Gasteiger partial charge in [-0.1, -0.05) is 35.4 Å². The number of benzene rings is 2. The first-order valence-corrected chi connectivity index (χ1v) is 9.05. The zero-order valence-electron chi connectivity index (χ0n) is 15.6. The minimum atomic E-state index is -0.413. The Hall–Kier alpha value is -2.96. The molecule has 0 atom stereocenters. The van der Waals surface area contributed by atoms with E-state index in [9.17, 15) is 19.8 Å². The molecule has 152 valence electrons. The highest BCUT2D eigenvalue weighted by molar-refractivity contribution is 6.32. The SMILES string of the molecule is COc1cc(/C=C/C(=O)CC(=O)/C=C/c2cc(Cl)c(O)c(OC)c2)cc(Cl)c1O. The molecule has 0 heterocycles. The summed E-state index contributed by atoms with van der Waals surface area (Å²) in [7, 11) is 2.76. The van der Waals surface area contributed by atoms with Crippen molar-refractivity contribution in [1.82, 2.24) is 0 Å². The van der Waals surface area contributed by atoms with Gasteiger partial charge in [-0.15, -0.1) is 0 Å². The number of ether oxygens (including phenoxy) is 2. The van der Waals surface area contributed by atoms with Crippen LogP contribution in [0.15, 0.2) is 36.4 Å². The highest BCUT2D eigenvalue weighted by Gasteiger charge is 2.10. The molecule has 0 aliphatic carbocycles. The zero-order chi connectivity index (χ0) is 21.6. The van der Waals surface area contributed by atoms with Crippen LogP contribution >= 0.6 is 23.2 Å². The number of carbonyl (C=O) groups is 2. The number of hydrogen-bond donors (Lipinski definition) is 2. The van der Waals surface area contributed by atoms with E-state index in [4.69, 9.17) is 32.7 Å². The van der Waals surface area contributed by atoms with Crippen molar-refractivity contribution in [2.75, 3.05) is 14.2 Å². The predicted molar refractivity (Wildman–Crippen MR) is 112 cm³/mol. The number of methoxy groups -OCH3 is 2. The van der Waals surface area contributed by atoms with E-state index in [1.807, 2.05) is 0 Å². The topological polar surface area (TPSA) is 93.1 Å². The van der Waals surface area contributed by atoms with Crippen molar-refractivity contribution in [3.05, 3.63) is 57.6 Å². The molecule has 2 rings (SSSR count). The second kappa shape index (κ2) is 10.0. The van der Waals surface area contributed by atoms with Crippen LogP contribution in [0.25, 0.3) is 12.2 Å². The first kappa shape index (κ1) is 22.3. The smallest absolute Gasteiger partial charge is 0.176 e. The summed E-state index contributed by atoms with van der Waals surface area (Å²) in [5, 5.41) is 19.6. The molecular formula is C21H18Cl2O6. The molecule has 29 heavy (non-hydrogen) atoms. The summed E-state index contributed by atoms with van der Waals surface area (Å²) in [6.07, 6.45) is 5.09. The molecule has 0 radical (unpaired) electrons. The summed E-state index contributed by atoms with van der Waals surface area (Å²) in [5.41, 5.74) is 1.07. The van der Waals surface area contributed by atoms with Gasteiger partial charge in [-0.2, -0.15) is 0 Å². The minimum Gasteiger partial charge on any atom is -0.503 e. The number of allylic oxidation sites excluding steroid dienone is 2. The van der Waals surface area contributed by atoms with Crippen molar-refractivity contribution in [3.63, 3.8) is 0 Å². The standard InChI is InChI=1S/C21H18Cl2O6/c1-28-18-9-12(7-16(22)20(18)26)3-5-14(24)11-15(25)6-4-13-8-17(23)21(27)19(10-13)29-2/h3-10,26-27H,11H2,1-2H3/b5-3+,6-4+. The zero-order valence-corrected chi connectivity index (χ0v) is 17.1. The molecule has 0 aliphatic heterocycles. The van der Waals surface area contributed by atoms with Gasteiger partial charge in [0.05, 0.1) is 30.7 Å². The first-order valence-electron chi connectivity index (χ1n) is 8.30. The van der Waals surface area contributed by atoms with E-state index in [-0.39, 0.29) is 39.5 Å². The molecule has 6 nitrogen and oxygen atoms in total. The molecule has 0 bridgehead atoms. The third-order valence-electron chi connectivity index (χ3n) is 3.81. The molecule has 2 aromatic rings. The molecule has 0 unspecified atom stereocenters. The monoisotopic (exact) mass is 436 g/mol. The molecule has 2 N–H and O–H groups in total. The third-order valence-corrected chi connectivity index (χ3v) is 4.39. The predicted octanol–water partition coefficient (Wildman–Crippen LogP) is 4.68. The lowest BCUT2D eigenvalue weighted by Gasteiger charge is -2.06. The molecule has 0 saturated heterocycles. The van der Waals surface area contributed by atoms with E-state index in [0.29, 0.717) is 11.1 Å². The van der Waals surface area contributed by atoms with Crippen molar-refractivity contribution in [2.45, 2.75) is 6.42 Å². The van der Waals surface area contributed by atoms with Crippen LogP contribution in [0.4, 0.5) is 0 Å². The summed E-state index contributed by atoms with van der Waals surface area (Å²) in [6.45, 7) is 0. The maximum absolute atomic E-state index is 12.0. The Kier molecular flexibility index (Phi) is 7.70. The quantitative estimate of drug-likeness (QED) is 0.460. The van der Waals surface area contributed by atoms with Crippen LogP contribution < -0.4 is 9.47 Å². The van der Waals surface area contributed by atoms with Crippen molar-refractivity contribution in [2.24, 2.45) is 0 Å². The van der Waals surface area contributed by atoms with E-state index in [2.05, 4.69) is 0 Å². The summed E-state index contributed by atoms with van der Waals surface area (Å²) >= 11 is 11.8. The fourth-order valence-corrected chi connectivity index (χ4v) is 2.80. The minimum absolute atomic E-state index is 0.0819. The largest absolute Gasteiger partial charge is 0.503 e. The summed E-state index contributed by atoms with van der Waals surface area (Å²) in [4.78, 5) is 24.0. The third kappa shape index (κ3) is 6.01. The van der Waals surface area contributed by atoms with Crippen LogP contribution in [-0.4, -0.2) is 36.0 Å². The van der Waals surface area contributed by atoms with E-state index in [0.717, 1.165) is 0 Å². The Labute approximate surface area is 177 Å². The highest BCUT2D eigenvalue weighted by atomic mass is 35.5. The van der Waals surface area contributed by atoms with Gasteiger partial charge in [-0.25, -0.2) is 0 Å². The van der Waals surface area contributed by atoms with Crippen LogP contribution in [0.5, 0.6) is 23.0 Å². The van der Waals surface area contributed by atoms with E-state index in [1.54, 1.807) is 0 Å².